The molecule has 0 saturated carbocycles. The molecule has 2 aliphatic rings. The molecule has 1 aromatic carbocycles. The maximum atomic E-state index is 14.3. The summed E-state index contributed by atoms with van der Waals surface area (Å²) >= 11 is 3.38. The van der Waals surface area contributed by atoms with Gasteiger partial charge in [-0.15, -0.1) is 0 Å². The molecule has 1 aliphatic heterocycles. The molecule has 7 rings (SSSR count). The number of pyridine rings is 1. The largest absolute Gasteiger partial charge is 0.336 e. The molecule has 47 heavy (non-hydrogen) atoms. The predicted molar refractivity (Wildman–Crippen MR) is 177 cm³/mol. The number of imidazole rings is 1. The number of ketones is 1. The highest BCUT2D eigenvalue weighted by Crippen LogP contribution is 2.47. The zero-order valence-corrected chi connectivity index (χ0v) is 27.7. The standard InChI is InChI=1S/C34H30BrN9O3/c1-19-5-8-29(35)39-32(19)40-33(47)27-12-34(17-42-15-20(2)38-18-42)10-9-28(34)44(27)30(46)16-43-26-7-6-23(24-13-36-22(4)37-14-24)11-25(26)31(41-43)21(3)45/h5-8,11,13-15,18,27-28H,12,16-17H2,1-4H3,(H,39,40,47)/t27-,28+,34+/m0/s1. The van der Waals surface area contributed by atoms with E-state index < -0.39 is 17.5 Å². The Kier molecular flexibility index (Phi) is 7.47. The number of benzene rings is 1. The van der Waals surface area contributed by atoms with Crippen LogP contribution in [0.2, 0.25) is 0 Å². The summed E-state index contributed by atoms with van der Waals surface area (Å²) in [5.74, 6) is 6.62. The number of anilines is 1. The first-order chi connectivity index (χ1) is 22.5. The van der Waals surface area contributed by atoms with Crippen molar-refractivity contribution in [2.45, 2.75) is 59.3 Å². The third-order valence-corrected chi connectivity index (χ3v) is 9.20. The molecule has 2 amide bonds. The number of nitrogens with zero attached hydrogens (tertiary/aromatic N) is 8. The monoisotopic (exact) mass is 691 g/mol. The smallest absolute Gasteiger partial charge is 0.248 e. The highest BCUT2D eigenvalue weighted by atomic mass is 79.9. The number of carbonyl (C=O) groups excluding carboxylic acids is 3. The van der Waals surface area contributed by atoms with Crippen molar-refractivity contribution in [3.8, 4) is 23.0 Å². The Morgan fingerprint density at radius 3 is 2.53 bits per heavy atom. The van der Waals surface area contributed by atoms with Crippen molar-refractivity contribution in [1.82, 2.24) is 39.2 Å². The molecule has 1 fully saturated rings. The SMILES string of the molecule is CC(=O)c1nn(CC(=O)N2[C@H](C(=O)Nc3nc(Br)ccc3C)C[C@@]3(Cn4cnc(C)c4)C#C[C@@H]23)c2ccc(-c3cnc(C)nc3)cc12. The van der Waals surface area contributed by atoms with E-state index in [9.17, 15) is 14.4 Å². The van der Waals surface area contributed by atoms with Gasteiger partial charge in [-0.05, 0) is 72.4 Å². The number of aryl methyl sites for hydroxylation is 3. The van der Waals surface area contributed by atoms with Crippen LogP contribution in [0.25, 0.3) is 22.0 Å². The summed E-state index contributed by atoms with van der Waals surface area (Å²) in [4.78, 5) is 59.9. The molecule has 1 saturated heterocycles. The average molecular weight is 693 g/mol. The van der Waals surface area contributed by atoms with E-state index in [1.54, 1.807) is 29.7 Å². The Hall–Kier alpha value is -5.22. The normalized spacial score (nSPS) is 19.6. The molecule has 0 spiro atoms. The summed E-state index contributed by atoms with van der Waals surface area (Å²) in [6, 6.07) is 7.91. The van der Waals surface area contributed by atoms with E-state index >= 15 is 0 Å². The molecule has 236 valence electrons. The quantitative estimate of drug-likeness (QED) is 0.144. The first-order valence-electron chi connectivity index (χ1n) is 15.1. The highest BCUT2D eigenvalue weighted by Gasteiger charge is 2.58. The number of hydrogen-bond donors (Lipinski definition) is 1. The fourth-order valence-corrected chi connectivity index (χ4v) is 6.71. The lowest BCUT2D eigenvalue weighted by Gasteiger charge is -2.36. The second-order valence-corrected chi connectivity index (χ2v) is 13.0. The number of halogens is 1. The molecule has 5 aromatic rings. The molecule has 12 nitrogen and oxygen atoms in total. The lowest BCUT2D eigenvalue weighted by atomic mass is 9.73. The van der Waals surface area contributed by atoms with Crippen LogP contribution in [0.3, 0.4) is 0 Å². The van der Waals surface area contributed by atoms with Crippen LogP contribution in [0.1, 0.15) is 40.9 Å². The van der Waals surface area contributed by atoms with E-state index in [1.807, 2.05) is 55.8 Å². The first-order valence-corrected chi connectivity index (χ1v) is 15.9. The summed E-state index contributed by atoms with van der Waals surface area (Å²) in [6.45, 7) is 7.32. The van der Waals surface area contributed by atoms with Gasteiger partial charge in [0.05, 0.1) is 23.0 Å². The summed E-state index contributed by atoms with van der Waals surface area (Å²) < 4.78 is 4.07. The second-order valence-electron chi connectivity index (χ2n) is 12.1. The zero-order valence-electron chi connectivity index (χ0n) is 26.2. The van der Waals surface area contributed by atoms with Gasteiger partial charge in [-0.2, -0.15) is 5.10 Å². The zero-order chi connectivity index (χ0) is 33.0. The van der Waals surface area contributed by atoms with Crippen molar-refractivity contribution >= 4 is 50.2 Å². The lowest BCUT2D eigenvalue weighted by molar-refractivity contribution is -0.138. The molecule has 4 aromatic heterocycles. The van der Waals surface area contributed by atoms with E-state index in [0.717, 1.165) is 22.4 Å². The van der Waals surface area contributed by atoms with Crippen molar-refractivity contribution in [2.75, 3.05) is 5.32 Å². The minimum atomic E-state index is -0.831. The Bertz CT molecular complexity index is 2160. The van der Waals surface area contributed by atoms with Gasteiger partial charge in [0.15, 0.2) is 5.78 Å². The number of amides is 2. The number of Topliss-reactive ketones (excluding diaryl/α,β-unsaturated/α-hetero) is 1. The topological polar surface area (TPSA) is 141 Å². The van der Waals surface area contributed by atoms with Crippen molar-refractivity contribution in [2.24, 2.45) is 5.41 Å². The number of rotatable bonds is 8. The predicted octanol–water partition coefficient (Wildman–Crippen LogP) is 4.29. The van der Waals surface area contributed by atoms with E-state index in [-0.39, 0.29) is 29.8 Å². The van der Waals surface area contributed by atoms with Gasteiger partial charge in [0.25, 0.3) is 0 Å². The van der Waals surface area contributed by atoms with Crippen LogP contribution in [0.15, 0.2) is 59.9 Å². The first kappa shape index (κ1) is 30.4. The molecule has 1 N–H and O–H groups in total. The summed E-state index contributed by atoms with van der Waals surface area (Å²) in [7, 11) is 0. The van der Waals surface area contributed by atoms with Crippen LogP contribution in [0.5, 0.6) is 0 Å². The highest BCUT2D eigenvalue weighted by molar-refractivity contribution is 9.10. The van der Waals surface area contributed by atoms with Crippen molar-refractivity contribution in [3.63, 3.8) is 0 Å². The van der Waals surface area contributed by atoms with Gasteiger partial charge in [0.2, 0.25) is 11.8 Å². The van der Waals surface area contributed by atoms with Gasteiger partial charge in [-0.3, -0.25) is 19.1 Å². The number of carbonyl (C=O) groups is 3. The molecular formula is C34H30BrN9O3. The van der Waals surface area contributed by atoms with E-state index in [0.29, 0.717) is 40.1 Å². The Morgan fingerprint density at radius 2 is 1.85 bits per heavy atom. The van der Waals surface area contributed by atoms with Gasteiger partial charge >= 0.3 is 0 Å². The second kappa shape index (κ2) is 11.5. The molecule has 5 heterocycles. The van der Waals surface area contributed by atoms with Crippen LogP contribution >= 0.6 is 15.9 Å². The third-order valence-electron chi connectivity index (χ3n) is 8.76. The van der Waals surface area contributed by atoms with Crippen molar-refractivity contribution in [1.29, 1.82) is 0 Å². The molecular weight excluding hydrogens is 662 g/mol. The van der Waals surface area contributed by atoms with Crippen LogP contribution in [-0.4, -0.2) is 68.9 Å². The van der Waals surface area contributed by atoms with Crippen LogP contribution in [0.4, 0.5) is 5.82 Å². The molecule has 0 radical (unpaired) electrons. The van der Waals surface area contributed by atoms with Gasteiger partial charge in [0.1, 0.15) is 40.6 Å². The molecule has 13 heteroatoms. The van der Waals surface area contributed by atoms with E-state index in [2.05, 4.69) is 58.1 Å². The Morgan fingerprint density at radius 1 is 1.06 bits per heavy atom. The number of aromatic nitrogens is 7. The number of nitrogens with one attached hydrogen (secondary N) is 1. The van der Waals surface area contributed by atoms with Crippen LogP contribution < -0.4 is 5.32 Å². The van der Waals surface area contributed by atoms with Gasteiger partial charge in [-0.1, -0.05) is 24.0 Å². The summed E-state index contributed by atoms with van der Waals surface area (Å²) in [6.07, 6.45) is 7.46. The average Bonchev–Trinajstić information content (AvgIpc) is 3.67. The Balaban J connectivity index is 1.23. The van der Waals surface area contributed by atoms with Crippen LogP contribution in [0, 0.1) is 38.0 Å². The van der Waals surface area contributed by atoms with Gasteiger partial charge in [0, 0.05) is 43.0 Å². The number of likely N-dealkylation sites (tertiary alicyclic amines) is 1. The van der Waals surface area contributed by atoms with E-state index in [4.69, 9.17) is 0 Å². The molecule has 3 atom stereocenters. The number of fused-ring (bicyclic) bond motifs is 2. The maximum Gasteiger partial charge on any atom is 0.248 e. The van der Waals surface area contributed by atoms with Gasteiger partial charge in [-0.25, -0.2) is 19.9 Å². The van der Waals surface area contributed by atoms with E-state index in [1.165, 1.54) is 11.6 Å². The third kappa shape index (κ3) is 5.48. The minimum absolute atomic E-state index is 0.187. The molecule has 0 bridgehead atoms. The fraction of sp³-hybridized carbons (Fsp3) is 0.294. The minimum Gasteiger partial charge on any atom is -0.336 e. The van der Waals surface area contributed by atoms with Crippen LogP contribution in [-0.2, 0) is 22.7 Å². The fourth-order valence-electron chi connectivity index (χ4n) is 6.40. The lowest BCUT2D eigenvalue weighted by Crippen LogP contribution is -2.51. The summed E-state index contributed by atoms with van der Waals surface area (Å²) in [5, 5.41) is 8.14. The Labute approximate surface area is 278 Å². The number of hydrogen-bond acceptors (Lipinski definition) is 8. The van der Waals surface area contributed by atoms with Gasteiger partial charge < -0.3 is 14.8 Å². The van der Waals surface area contributed by atoms with Crippen molar-refractivity contribution in [3.05, 3.63) is 82.6 Å². The maximum absolute atomic E-state index is 14.3. The molecule has 0 unspecified atom stereocenters. The summed E-state index contributed by atoms with van der Waals surface area (Å²) in [5.41, 5.74) is 3.51. The van der Waals surface area contributed by atoms with Crippen molar-refractivity contribution < 1.29 is 14.4 Å². The molecule has 1 aliphatic carbocycles.